The molecule has 1 aliphatic heterocycles. The summed E-state index contributed by atoms with van der Waals surface area (Å²) in [6, 6.07) is 5.08. The minimum atomic E-state index is -3.63. The first-order chi connectivity index (χ1) is 11.9. The quantitative estimate of drug-likeness (QED) is 0.789. The lowest BCUT2D eigenvalue weighted by Gasteiger charge is -2.29. The summed E-state index contributed by atoms with van der Waals surface area (Å²) in [6.45, 7) is 2.12. The van der Waals surface area contributed by atoms with Gasteiger partial charge in [0.05, 0.1) is 5.69 Å². The van der Waals surface area contributed by atoms with Crippen LogP contribution >= 0.6 is 11.6 Å². The third-order valence-electron chi connectivity index (χ3n) is 3.60. The smallest absolute Gasteiger partial charge is 0.301 e. The highest BCUT2D eigenvalue weighted by Gasteiger charge is 2.28. The van der Waals surface area contributed by atoms with Crippen LogP contribution in [0, 0.1) is 0 Å². The van der Waals surface area contributed by atoms with Gasteiger partial charge in [-0.15, -0.1) is 0 Å². The normalized spacial score (nSPS) is 16.5. The lowest BCUT2D eigenvalue weighted by atomic mass is 10.1. The molecule has 10 heteroatoms. The van der Waals surface area contributed by atoms with E-state index < -0.39 is 10.2 Å². The Bertz CT molecular complexity index is 919. The van der Waals surface area contributed by atoms with Crippen molar-refractivity contribution < 1.29 is 13.2 Å². The van der Waals surface area contributed by atoms with Gasteiger partial charge in [0.25, 0.3) is 0 Å². The van der Waals surface area contributed by atoms with E-state index in [1.807, 2.05) is 0 Å². The third kappa shape index (κ3) is 3.89. The molecular weight excluding hydrogens is 366 g/mol. The first kappa shape index (κ1) is 17.6. The summed E-state index contributed by atoms with van der Waals surface area (Å²) in [7, 11) is -3.63. The number of anilines is 2. The Morgan fingerprint density at radius 2 is 2.12 bits per heavy atom. The number of rotatable bonds is 3. The van der Waals surface area contributed by atoms with E-state index in [0.717, 1.165) is 5.56 Å². The topological polar surface area (TPSA) is 104 Å². The van der Waals surface area contributed by atoms with E-state index in [2.05, 4.69) is 20.0 Å². The molecule has 0 unspecified atom stereocenters. The van der Waals surface area contributed by atoms with Crippen LogP contribution in [0.25, 0.3) is 11.1 Å². The van der Waals surface area contributed by atoms with Gasteiger partial charge in [0, 0.05) is 38.0 Å². The summed E-state index contributed by atoms with van der Waals surface area (Å²) in [5, 5.41) is 2.71. The molecule has 3 heterocycles. The molecule has 0 radical (unpaired) electrons. The predicted octanol–water partition coefficient (Wildman–Crippen LogP) is 1.80. The molecule has 0 aliphatic carbocycles. The molecule has 132 valence electrons. The molecule has 1 fully saturated rings. The van der Waals surface area contributed by atoms with Gasteiger partial charge < -0.3 is 5.32 Å². The highest BCUT2D eigenvalue weighted by Crippen LogP contribution is 2.32. The average Bonchev–Trinajstić information content (AvgIpc) is 2.55. The molecule has 0 spiro atoms. The van der Waals surface area contributed by atoms with Crippen molar-refractivity contribution in [2.75, 3.05) is 22.7 Å². The zero-order valence-corrected chi connectivity index (χ0v) is 14.9. The van der Waals surface area contributed by atoms with E-state index in [9.17, 15) is 13.2 Å². The number of nitrogens with one attached hydrogen (secondary N) is 2. The highest BCUT2D eigenvalue weighted by atomic mass is 35.5. The minimum Gasteiger partial charge on any atom is -0.311 e. The van der Waals surface area contributed by atoms with Crippen molar-refractivity contribution in [1.29, 1.82) is 0 Å². The van der Waals surface area contributed by atoms with E-state index >= 15 is 0 Å². The fraction of sp³-hybridized carbons (Fsp3) is 0.267. The maximum absolute atomic E-state index is 12.2. The molecule has 0 saturated carbocycles. The Morgan fingerprint density at radius 1 is 1.32 bits per heavy atom. The summed E-state index contributed by atoms with van der Waals surface area (Å²) >= 11 is 6.13. The third-order valence-corrected chi connectivity index (χ3v) is 5.42. The minimum absolute atomic E-state index is 0.104. The number of aromatic nitrogens is 2. The summed E-state index contributed by atoms with van der Waals surface area (Å²) in [5.41, 5.74) is 1.70. The second-order valence-corrected chi connectivity index (χ2v) is 7.51. The van der Waals surface area contributed by atoms with Crippen LogP contribution in [-0.2, 0) is 15.0 Å². The van der Waals surface area contributed by atoms with Crippen molar-refractivity contribution in [3.8, 4) is 11.1 Å². The molecule has 2 aromatic heterocycles. The molecular formula is C15H16ClN5O3S. The van der Waals surface area contributed by atoms with Gasteiger partial charge in [0.15, 0.2) is 5.15 Å². The number of hydrogen-bond donors (Lipinski definition) is 2. The zero-order chi connectivity index (χ0) is 18.0. The van der Waals surface area contributed by atoms with Gasteiger partial charge in [-0.2, -0.15) is 13.1 Å². The number of pyridine rings is 2. The van der Waals surface area contributed by atoms with Crippen LogP contribution in [0.15, 0.2) is 30.6 Å². The van der Waals surface area contributed by atoms with Gasteiger partial charge in [0.2, 0.25) is 5.91 Å². The Balaban J connectivity index is 2.01. The van der Waals surface area contributed by atoms with Gasteiger partial charge in [-0.1, -0.05) is 11.6 Å². The van der Waals surface area contributed by atoms with Crippen LogP contribution in [0.3, 0.4) is 0 Å². The van der Waals surface area contributed by atoms with Crippen molar-refractivity contribution in [2.24, 2.45) is 0 Å². The second-order valence-electron chi connectivity index (χ2n) is 5.47. The monoisotopic (exact) mass is 381 g/mol. The average molecular weight is 382 g/mol. The van der Waals surface area contributed by atoms with E-state index in [1.165, 1.54) is 11.2 Å². The molecule has 0 bridgehead atoms. The molecule has 1 amide bonds. The molecule has 0 aromatic carbocycles. The molecule has 0 atom stereocenters. The van der Waals surface area contributed by atoms with Crippen molar-refractivity contribution in [1.82, 2.24) is 14.7 Å². The Hall–Kier alpha value is -2.23. The Labute approximate surface area is 150 Å². The van der Waals surface area contributed by atoms with E-state index in [1.54, 1.807) is 30.6 Å². The summed E-state index contributed by atoms with van der Waals surface area (Å²) in [4.78, 5) is 19.4. The maximum atomic E-state index is 12.2. The molecule has 2 N–H and O–H groups in total. The summed E-state index contributed by atoms with van der Waals surface area (Å²) in [6.07, 6.45) is 3.76. The lowest BCUT2D eigenvalue weighted by Crippen LogP contribution is -2.47. The van der Waals surface area contributed by atoms with Crippen molar-refractivity contribution >= 4 is 39.2 Å². The predicted molar refractivity (Wildman–Crippen MR) is 95.7 cm³/mol. The van der Waals surface area contributed by atoms with E-state index in [4.69, 9.17) is 11.6 Å². The van der Waals surface area contributed by atoms with Gasteiger partial charge in [0.1, 0.15) is 5.82 Å². The van der Waals surface area contributed by atoms with E-state index in [-0.39, 0.29) is 11.1 Å². The maximum Gasteiger partial charge on any atom is 0.301 e. The summed E-state index contributed by atoms with van der Waals surface area (Å²) in [5.74, 6) is 0.166. The van der Waals surface area contributed by atoms with Crippen molar-refractivity contribution in [3.05, 3.63) is 35.7 Å². The fourth-order valence-electron chi connectivity index (χ4n) is 2.50. The van der Waals surface area contributed by atoms with Crippen LogP contribution in [0.2, 0.25) is 5.15 Å². The van der Waals surface area contributed by atoms with Crippen molar-refractivity contribution in [3.63, 3.8) is 0 Å². The first-order valence-electron chi connectivity index (χ1n) is 7.54. The van der Waals surface area contributed by atoms with Crippen LogP contribution < -0.4 is 14.3 Å². The lowest BCUT2D eigenvalue weighted by molar-refractivity contribution is -0.114. The molecule has 25 heavy (non-hydrogen) atoms. The first-order valence-corrected chi connectivity index (χ1v) is 9.35. The van der Waals surface area contributed by atoms with Crippen LogP contribution in [-0.4, -0.2) is 37.4 Å². The molecule has 3 rings (SSSR count). The summed E-state index contributed by atoms with van der Waals surface area (Å²) < 4.78 is 28.1. The van der Waals surface area contributed by atoms with Crippen LogP contribution in [0.5, 0.6) is 0 Å². The number of amides is 1. The highest BCUT2D eigenvalue weighted by molar-refractivity contribution is 7.91. The van der Waals surface area contributed by atoms with Crippen LogP contribution in [0.4, 0.5) is 11.5 Å². The SMILES string of the molecule is CC(=O)Nc1cc(-c2cnc(Cl)c(N3CCCNS3(=O)=O)c2)ccn1. The van der Waals surface area contributed by atoms with Gasteiger partial charge >= 0.3 is 10.2 Å². The zero-order valence-electron chi connectivity index (χ0n) is 13.4. The van der Waals surface area contributed by atoms with Gasteiger partial charge in [-0.05, 0) is 30.2 Å². The Morgan fingerprint density at radius 3 is 2.84 bits per heavy atom. The van der Waals surface area contributed by atoms with Crippen LogP contribution in [0.1, 0.15) is 13.3 Å². The standard InChI is InChI=1S/C15H16ClN5O3S/c1-10(22)20-14-8-11(3-5-17-14)12-7-13(15(16)18-9-12)21-6-2-4-19-25(21,23)24/h3,5,7-9,19H,2,4,6H2,1H3,(H,17,20,22). The number of hydrogen-bond acceptors (Lipinski definition) is 5. The molecule has 1 aliphatic rings. The number of nitrogens with zero attached hydrogens (tertiary/aromatic N) is 3. The van der Waals surface area contributed by atoms with Gasteiger partial charge in [-0.3, -0.25) is 9.10 Å². The molecule has 1 saturated heterocycles. The Kier molecular flexibility index (Phi) is 4.89. The second kappa shape index (κ2) is 6.95. The van der Waals surface area contributed by atoms with E-state index in [0.29, 0.717) is 36.6 Å². The number of halogens is 1. The van der Waals surface area contributed by atoms with Crippen molar-refractivity contribution in [2.45, 2.75) is 13.3 Å². The largest absolute Gasteiger partial charge is 0.311 e. The number of carbonyl (C=O) groups is 1. The molecule has 8 nitrogen and oxygen atoms in total. The fourth-order valence-corrected chi connectivity index (χ4v) is 4.08. The number of carbonyl (C=O) groups excluding carboxylic acids is 1. The van der Waals surface area contributed by atoms with Gasteiger partial charge in [-0.25, -0.2) is 9.97 Å². The molecule has 2 aromatic rings.